The van der Waals surface area contributed by atoms with Gasteiger partial charge in [-0.2, -0.15) is 0 Å². The van der Waals surface area contributed by atoms with Gasteiger partial charge in [0.1, 0.15) is 0 Å². The number of hydrogen-bond donors (Lipinski definition) is 0. The van der Waals surface area contributed by atoms with Crippen LogP contribution in [0.4, 0.5) is 16.5 Å². The smallest absolute Gasteiger partial charge is 0.311 e. The fourth-order valence-electron chi connectivity index (χ4n) is 2.87. The predicted molar refractivity (Wildman–Crippen MR) is 100 cm³/mol. The van der Waals surface area contributed by atoms with Crippen LogP contribution < -0.4 is 14.5 Å². The summed E-state index contributed by atoms with van der Waals surface area (Å²) in [6, 6.07) is 5.10. The van der Waals surface area contributed by atoms with E-state index in [1.807, 2.05) is 13.8 Å². The standard InChI is InChI=1S/C17H22N4O3S/c1-4-24-16-11-14(5-6-15(16)21(22)23)19-7-9-20(10-8-19)17-18-12(2)13(3)25-17/h5-6,11H,4,7-10H2,1-3H3. The monoisotopic (exact) mass is 362 g/mol. The zero-order valence-electron chi connectivity index (χ0n) is 14.7. The fourth-order valence-corrected chi connectivity index (χ4v) is 3.83. The first-order valence-corrected chi connectivity index (χ1v) is 9.16. The average molecular weight is 362 g/mol. The first-order chi connectivity index (χ1) is 12.0. The van der Waals surface area contributed by atoms with Gasteiger partial charge in [0.25, 0.3) is 0 Å². The van der Waals surface area contributed by atoms with Gasteiger partial charge >= 0.3 is 5.69 Å². The minimum absolute atomic E-state index is 0.0120. The van der Waals surface area contributed by atoms with E-state index in [1.54, 1.807) is 23.5 Å². The van der Waals surface area contributed by atoms with Gasteiger partial charge in [0, 0.05) is 48.9 Å². The summed E-state index contributed by atoms with van der Waals surface area (Å²) in [6.45, 7) is 9.83. The molecule has 25 heavy (non-hydrogen) atoms. The van der Waals surface area contributed by atoms with E-state index in [-0.39, 0.29) is 5.69 Å². The fraction of sp³-hybridized carbons (Fsp3) is 0.471. The molecule has 0 amide bonds. The van der Waals surface area contributed by atoms with Gasteiger partial charge in [0.2, 0.25) is 0 Å². The molecule has 0 radical (unpaired) electrons. The Kier molecular flexibility index (Phi) is 5.08. The number of anilines is 2. The molecule has 0 saturated carbocycles. The van der Waals surface area contributed by atoms with Crippen molar-refractivity contribution in [1.29, 1.82) is 0 Å². The molecule has 3 rings (SSSR count). The second kappa shape index (κ2) is 7.26. The van der Waals surface area contributed by atoms with Crippen LogP contribution in [0.1, 0.15) is 17.5 Å². The lowest BCUT2D eigenvalue weighted by Crippen LogP contribution is -2.46. The van der Waals surface area contributed by atoms with E-state index < -0.39 is 4.92 Å². The van der Waals surface area contributed by atoms with Crippen molar-refractivity contribution in [2.45, 2.75) is 20.8 Å². The average Bonchev–Trinajstić information content (AvgIpc) is 2.94. The van der Waals surface area contributed by atoms with Crippen LogP contribution in [0, 0.1) is 24.0 Å². The maximum atomic E-state index is 11.1. The van der Waals surface area contributed by atoms with Crippen LogP contribution in [0.25, 0.3) is 0 Å². The van der Waals surface area contributed by atoms with Crippen LogP contribution in [0.15, 0.2) is 18.2 Å². The topological polar surface area (TPSA) is 71.7 Å². The summed E-state index contributed by atoms with van der Waals surface area (Å²) in [6.07, 6.45) is 0. The van der Waals surface area contributed by atoms with Gasteiger partial charge in [0.05, 0.1) is 17.2 Å². The summed E-state index contributed by atoms with van der Waals surface area (Å²) in [7, 11) is 0. The third-order valence-electron chi connectivity index (χ3n) is 4.37. The second-order valence-electron chi connectivity index (χ2n) is 5.95. The molecule has 1 saturated heterocycles. The normalized spacial score (nSPS) is 14.7. The zero-order chi connectivity index (χ0) is 18.0. The van der Waals surface area contributed by atoms with Crippen molar-refractivity contribution in [2.24, 2.45) is 0 Å². The molecule has 0 spiro atoms. The highest BCUT2D eigenvalue weighted by Gasteiger charge is 2.22. The van der Waals surface area contributed by atoms with E-state index in [1.165, 1.54) is 10.9 Å². The van der Waals surface area contributed by atoms with Crippen LogP contribution in [0.2, 0.25) is 0 Å². The van der Waals surface area contributed by atoms with E-state index in [9.17, 15) is 10.1 Å². The lowest BCUT2D eigenvalue weighted by molar-refractivity contribution is -0.385. The van der Waals surface area contributed by atoms with Crippen LogP contribution in [-0.2, 0) is 0 Å². The minimum Gasteiger partial charge on any atom is -0.487 e. The van der Waals surface area contributed by atoms with Gasteiger partial charge in [-0.05, 0) is 26.8 Å². The van der Waals surface area contributed by atoms with Crippen molar-refractivity contribution in [1.82, 2.24) is 4.98 Å². The summed E-state index contributed by atoms with van der Waals surface area (Å²) in [5.41, 5.74) is 2.07. The molecule has 0 aliphatic carbocycles. The zero-order valence-corrected chi connectivity index (χ0v) is 15.5. The highest BCUT2D eigenvalue weighted by atomic mass is 32.1. The maximum absolute atomic E-state index is 11.1. The Bertz CT molecular complexity index is 750. The Hall–Kier alpha value is -2.35. The number of ether oxygens (including phenoxy) is 1. The number of hydrogen-bond acceptors (Lipinski definition) is 7. The number of nitrogens with zero attached hydrogens (tertiary/aromatic N) is 4. The molecule has 2 heterocycles. The molecule has 134 valence electrons. The first kappa shape index (κ1) is 17.5. The van der Waals surface area contributed by atoms with E-state index >= 15 is 0 Å². The number of piperazine rings is 1. The minimum atomic E-state index is -0.403. The molecule has 0 atom stereocenters. The second-order valence-corrected chi connectivity index (χ2v) is 7.14. The summed E-state index contributed by atoms with van der Waals surface area (Å²) in [5.74, 6) is 0.332. The SMILES string of the molecule is CCOc1cc(N2CCN(c3nc(C)c(C)s3)CC2)ccc1[N+](=O)[O-]. The van der Waals surface area contributed by atoms with E-state index in [4.69, 9.17) is 4.74 Å². The molecule has 1 aliphatic heterocycles. The number of rotatable bonds is 5. The number of nitro benzene ring substituents is 1. The Morgan fingerprint density at radius 2 is 1.92 bits per heavy atom. The largest absolute Gasteiger partial charge is 0.487 e. The summed E-state index contributed by atoms with van der Waals surface area (Å²) in [5, 5.41) is 12.2. The molecule has 2 aromatic rings. The van der Waals surface area contributed by atoms with E-state index in [0.717, 1.165) is 42.7 Å². The lowest BCUT2D eigenvalue weighted by atomic mass is 10.2. The van der Waals surface area contributed by atoms with Crippen molar-refractivity contribution in [3.05, 3.63) is 38.9 Å². The number of benzene rings is 1. The van der Waals surface area contributed by atoms with Gasteiger partial charge in [-0.1, -0.05) is 0 Å². The third kappa shape index (κ3) is 3.68. The van der Waals surface area contributed by atoms with Crippen LogP contribution >= 0.6 is 11.3 Å². The van der Waals surface area contributed by atoms with Crippen LogP contribution in [0.5, 0.6) is 5.75 Å². The van der Waals surface area contributed by atoms with Gasteiger partial charge in [-0.25, -0.2) is 4.98 Å². The highest BCUT2D eigenvalue weighted by Crippen LogP contribution is 2.33. The molecule has 1 aromatic heterocycles. The van der Waals surface area contributed by atoms with Crippen molar-refractivity contribution in [3.63, 3.8) is 0 Å². The molecular formula is C17H22N4O3S. The van der Waals surface area contributed by atoms with Gasteiger partial charge < -0.3 is 14.5 Å². The summed E-state index contributed by atoms with van der Waals surface area (Å²) in [4.78, 5) is 21.1. The quantitative estimate of drug-likeness (QED) is 0.600. The first-order valence-electron chi connectivity index (χ1n) is 8.34. The molecule has 0 unspecified atom stereocenters. The van der Waals surface area contributed by atoms with Gasteiger partial charge in [0.15, 0.2) is 10.9 Å². The molecule has 7 nitrogen and oxygen atoms in total. The molecule has 0 N–H and O–H groups in total. The van der Waals surface area contributed by atoms with E-state index in [0.29, 0.717) is 12.4 Å². The van der Waals surface area contributed by atoms with Crippen molar-refractivity contribution < 1.29 is 9.66 Å². The number of aromatic nitrogens is 1. The molecule has 1 aliphatic rings. The third-order valence-corrected chi connectivity index (χ3v) is 5.51. The Labute approximate surface area is 151 Å². The highest BCUT2D eigenvalue weighted by molar-refractivity contribution is 7.15. The molecule has 0 bridgehead atoms. The van der Waals surface area contributed by atoms with E-state index in [2.05, 4.69) is 21.7 Å². The molecule has 1 fully saturated rings. The molecule has 1 aromatic carbocycles. The van der Waals surface area contributed by atoms with Crippen LogP contribution in [0.3, 0.4) is 0 Å². The van der Waals surface area contributed by atoms with Gasteiger partial charge in [-0.15, -0.1) is 11.3 Å². The Morgan fingerprint density at radius 3 is 2.48 bits per heavy atom. The van der Waals surface area contributed by atoms with Crippen LogP contribution in [-0.4, -0.2) is 42.7 Å². The maximum Gasteiger partial charge on any atom is 0.311 e. The number of aryl methyl sites for hydroxylation is 2. The predicted octanol–water partition coefficient (Wildman–Crippen LogP) is 3.39. The lowest BCUT2D eigenvalue weighted by Gasteiger charge is -2.36. The Balaban J connectivity index is 1.72. The molecule has 8 heteroatoms. The van der Waals surface area contributed by atoms with Gasteiger partial charge in [-0.3, -0.25) is 10.1 Å². The summed E-state index contributed by atoms with van der Waals surface area (Å²) >= 11 is 1.73. The van der Waals surface area contributed by atoms with Crippen molar-refractivity contribution in [3.8, 4) is 5.75 Å². The number of thiazole rings is 1. The van der Waals surface area contributed by atoms with Crippen molar-refractivity contribution >= 4 is 27.8 Å². The Morgan fingerprint density at radius 1 is 1.24 bits per heavy atom. The molecular weight excluding hydrogens is 340 g/mol. The number of nitro groups is 1. The van der Waals surface area contributed by atoms with Crippen molar-refractivity contribution in [2.75, 3.05) is 42.6 Å². The summed E-state index contributed by atoms with van der Waals surface area (Å²) < 4.78 is 5.45.